The normalized spacial score (nSPS) is 11.1. The maximum atomic E-state index is 12.4. The Kier molecular flexibility index (Phi) is 6.31. The Labute approximate surface area is 155 Å². The van der Waals surface area contributed by atoms with Crippen LogP contribution in [0.4, 0.5) is 23.7 Å². The van der Waals surface area contributed by atoms with E-state index in [2.05, 4.69) is 10.6 Å². The third-order valence-electron chi connectivity index (χ3n) is 2.77. The zero-order valence-electron chi connectivity index (χ0n) is 12.6. The molecule has 0 aliphatic rings. The van der Waals surface area contributed by atoms with E-state index in [9.17, 15) is 18.0 Å². The zero-order chi connectivity index (χ0) is 18.6. The number of alkyl halides is 3. The third-order valence-corrected chi connectivity index (χ3v) is 4.09. The van der Waals surface area contributed by atoms with Crippen LogP contribution < -0.4 is 15.4 Å². The molecule has 0 aromatic heterocycles. The highest BCUT2D eigenvalue weighted by atomic mass is 35.5. The zero-order valence-corrected chi connectivity index (χ0v) is 14.9. The summed E-state index contributed by atoms with van der Waals surface area (Å²) in [5.74, 6) is 0.393. The molecule has 0 aliphatic heterocycles. The number of carbonyl (C=O) groups excluding carboxylic acids is 1. The lowest BCUT2D eigenvalue weighted by molar-refractivity contribution is -0.0328. The summed E-state index contributed by atoms with van der Waals surface area (Å²) < 4.78 is 42.6. The molecule has 134 valence electrons. The van der Waals surface area contributed by atoms with Crippen LogP contribution in [0.5, 0.6) is 11.5 Å². The average Bonchev–Trinajstić information content (AvgIpc) is 2.50. The fourth-order valence-electron chi connectivity index (χ4n) is 1.73. The van der Waals surface area contributed by atoms with E-state index in [1.165, 1.54) is 31.3 Å². The number of urea groups is 1. The quantitative estimate of drug-likeness (QED) is 0.594. The van der Waals surface area contributed by atoms with Gasteiger partial charge in [-0.2, -0.15) is 13.2 Å². The molecule has 2 aromatic rings. The van der Waals surface area contributed by atoms with Gasteiger partial charge >= 0.3 is 11.5 Å². The van der Waals surface area contributed by atoms with Crippen LogP contribution in [0.15, 0.2) is 41.3 Å². The average molecular weight is 411 g/mol. The highest BCUT2D eigenvalue weighted by molar-refractivity contribution is 8.00. The standard InChI is InChI=1S/C15H11Cl2F3N2O2S/c1-21-14(23)22-8-2-4-12(10(16)6-8)24-13-5-3-9(7-11(13)17)25-15(18,19)20/h2-7H,1H3,(H2,21,22,23). The van der Waals surface area contributed by atoms with Crippen LogP contribution in [0.3, 0.4) is 0 Å². The van der Waals surface area contributed by atoms with E-state index < -0.39 is 11.5 Å². The highest BCUT2D eigenvalue weighted by Crippen LogP contribution is 2.41. The Morgan fingerprint density at radius 1 is 1.08 bits per heavy atom. The first-order valence-electron chi connectivity index (χ1n) is 6.69. The van der Waals surface area contributed by atoms with Gasteiger partial charge in [-0.3, -0.25) is 0 Å². The van der Waals surface area contributed by atoms with E-state index >= 15 is 0 Å². The highest BCUT2D eigenvalue weighted by Gasteiger charge is 2.29. The molecule has 0 fully saturated rings. The molecular weight excluding hydrogens is 400 g/mol. The fourth-order valence-corrected chi connectivity index (χ4v) is 2.82. The molecular formula is C15H11Cl2F3N2O2S. The second-order valence-electron chi connectivity index (χ2n) is 4.59. The van der Waals surface area contributed by atoms with E-state index in [0.717, 1.165) is 6.07 Å². The second kappa shape index (κ2) is 8.07. The number of ether oxygens (including phenoxy) is 1. The first-order chi connectivity index (χ1) is 11.7. The molecule has 0 saturated heterocycles. The number of rotatable bonds is 4. The summed E-state index contributed by atoms with van der Waals surface area (Å²) in [6.07, 6.45) is 0. The summed E-state index contributed by atoms with van der Waals surface area (Å²) >= 11 is 11.8. The smallest absolute Gasteiger partial charge is 0.446 e. The van der Waals surface area contributed by atoms with E-state index in [0.29, 0.717) is 5.69 Å². The van der Waals surface area contributed by atoms with E-state index in [-0.39, 0.29) is 38.2 Å². The number of anilines is 1. The number of halogens is 5. The van der Waals surface area contributed by atoms with Crippen molar-refractivity contribution < 1.29 is 22.7 Å². The number of amides is 2. The minimum absolute atomic E-state index is 0.0119. The molecule has 10 heteroatoms. The van der Waals surface area contributed by atoms with Gasteiger partial charge < -0.3 is 15.4 Å². The van der Waals surface area contributed by atoms with E-state index in [4.69, 9.17) is 27.9 Å². The molecule has 0 aliphatic carbocycles. The second-order valence-corrected chi connectivity index (χ2v) is 6.54. The number of benzene rings is 2. The molecule has 0 heterocycles. The SMILES string of the molecule is CNC(=O)Nc1ccc(Oc2ccc(SC(F)(F)F)cc2Cl)c(Cl)c1. The summed E-state index contributed by atoms with van der Waals surface area (Å²) in [4.78, 5) is 11.2. The molecule has 0 spiro atoms. The van der Waals surface area contributed by atoms with Gasteiger partial charge in [0.05, 0.1) is 10.0 Å². The Balaban J connectivity index is 2.15. The number of nitrogens with one attached hydrogen (secondary N) is 2. The predicted molar refractivity (Wildman–Crippen MR) is 93.0 cm³/mol. The maximum Gasteiger partial charge on any atom is 0.446 e. The van der Waals surface area contributed by atoms with E-state index in [1.54, 1.807) is 6.07 Å². The van der Waals surface area contributed by atoms with Crippen molar-refractivity contribution in [2.75, 3.05) is 12.4 Å². The van der Waals surface area contributed by atoms with Crippen LogP contribution in [0.1, 0.15) is 0 Å². The van der Waals surface area contributed by atoms with Crippen molar-refractivity contribution in [2.45, 2.75) is 10.4 Å². The van der Waals surface area contributed by atoms with Gasteiger partial charge in [0.15, 0.2) is 0 Å². The molecule has 0 unspecified atom stereocenters. The Hall–Kier alpha value is -1.77. The van der Waals surface area contributed by atoms with Crippen molar-refractivity contribution in [1.29, 1.82) is 0 Å². The molecule has 4 nitrogen and oxygen atoms in total. The fraction of sp³-hybridized carbons (Fsp3) is 0.133. The lowest BCUT2D eigenvalue weighted by atomic mass is 10.3. The van der Waals surface area contributed by atoms with Crippen LogP contribution >= 0.6 is 35.0 Å². The lowest BCUT2D eigenvalue weighted by Gasteiger charge is -2.12. The van der Waals surface area contributed by atoms with Gasteiger partial charge in [0, 0.05) is 17.6 Å². The van der Waals surface area contributed by atoms with Gasteiger partial charge in [-0.15, -0.1) is 0 Å². The van der Waals surface area contributed by atoms with E-state index in [1.807, 2.05) is 0 Å². The van der Waals surface area contributed by atoms with Crippen molar-refractivity contribution >= 4 is 46.7 Å². The number of carbonyl (C=O) groups is 1. The Morgan fingerprint density at radius 3 is 2.20 bits per heavy atom. The molecule has 2 aromatic carbocycles. The summed E-state index contributed by atoms with van der Waals surface area (Å²) in [5, 5.41) is 5.14. The third kappa shape index (κ3) is 5.91. The molecule has 0 atom stereocenters. The number of hydrogen-bond donors (Lipinski definition) is 2. The van der Waals surface area contributed by atoms with Gasteiger partial charge in [-0.05, 0) is 48.2 Å². The van der Waals surface area contributed by atoms with Gasteiger partial charge in [0.1, 0.15) is 11.5 Å². The molecule has 0 bridgehead atoms. The van der Waals surface area contributed by atoms with Gasteiger partial charge in [-0.25, -0.2) is 4.79 Å². The molecule has 2 N–H and O–H groups in total. The van der Waals surface area contributed by atoms with Gasteiger partial charge in [-0.1, -0.05) is 23.2 Å². The van der Waals surface area contributed by atoms with Crippen LogP contribution in [-0.4, -0.2) is 18.6 Å². The largest absolute Gasteiger partial charge is 0.454 e. The van der Waals surface area contributed by atoms with Gasteiger partial charge in [0.2, 0.25) is 0 Å². The van der Waals surface area contributed by atoms with Crippen LogP contribution in [-0.2, 0) is 0 Å². The minimum Gasteiger partial charge on any atom is -0.454 e. The topological polar surface area (TPSA) is 50.4 Å². The van der Waals surface area contributed by atoms with Gasteiger partial charge in [0.25, 0.3) is 0 Å². The summed E-state index contributed by atoms with van der Waals surface area (Å²) in [6, 6.07) is 7.84. The summed E-state index contributed by atoms with van der Waals surface area (Å²) in [5.41, 5.74) is -3.96. The summed E-state index contributed by atoms with van der Waals surface area (Å²) in [7, 11) is 1.47. The Morgan fingerprint density at radius 2 is 1.68 bits per heavy atom. The molecule has 25 heavy (non-hydrogen) atoms. The van der Waals surface area contributed by atoms with Crippen molar-refractivity contribution in [3.63, 3.8) is 0 Å². The predicted octanol–water partition coefficient (Wildman–Crippen LogP) is 6.15. The summed E-state index contributed by atoms with van der Waals surface area (Å²) in [6.45, 7) is 0. The molecule has 2 amide bonds. The lowest BCUT2D eigenvalue weighted by Crippen LogP contribution is -2.24. The molecule has 0 saturated carbocycles. The van der Waals surface area contributed by atoms with Crippen molar-refractivity contribution in [3.8, 4) is 11.5 Å². The Bertz CT molecular complexity index is 788. The molecule has 0 radical (unpaired) electrons. The van der Waals surface area contributed by atoms with Crippen LogP contribution in [0, 0.1) is 0 Å². The van der Waals surface area contributed by atoms with Crippen molar-refractivity contribution in [1.82, 2.24) is 5.32 Å². The van der Waals surface area contributed by atoms with Crippen LogP contribution in [0.2, 0.25) is 10.0 Å². The molecule has 2 rings (SSSR count). The monoisotopic (exact) mass is 410 g/mol. The van der Waals surface area contributed by atoms with Crippen molar-refractivity contribution in [3.05, 3.63) is 46.4 Å². The minimum atomic E-state index is -4.40. The maximum absolute atomic E-state index is 12.4. The first kappa shape index (κ1) is 19.6. The first-order valence-corrected chi connectivity index (χ1v) is 8.26. The number of thioether (sulfide) groups is 1. The van der Waals surface area contributed by atoms with Crippen molar-refractivity contribution in [2.24, 2.45) is 0 Å². The van der Waals surface area contributed by atoms with Crippen LogP contribution in [0.25, 0.3) is 0 Å². The number of hydrogen-bond acceptors (Lipinski definition) is 3.